The number of hydrogen-bond donors (Lipinski definition) is 2. The highest BCUT2D eigenvalue weighted by Gasteiger charge is 2.53. The summed E-state index contributed by atoms with van der Waals surface area (Å²) in [7, 11) is 0. The van der Waals surface area contributed by atoms with E-state index < -0.39 is 29.2 Å². The highest BCUT2D eigenvalue weighted by atomic mass is 35.5. The standard InChI is InChI=1S/C23H22ClFN2O2/c1-14-18(13-26)21(17-10-9-16(25)12-19(17)24)23(2,22(28)29)20(27-14)11-8-15-6-4-3-5-7-15/h3-7,9-10,12,20-21,27H,8,11H2,1-2H3,(H,28,29). The van der Waals surface area contributed by atoms with Gasteiger partial charge in [-0.25, -0.2) is 4.39 Å². The minimum absolute atomic E-state index is 0.117. The monoisotopic (exact) mass is 412 g/mol. The van der Waals surface area contributed by atoms with Gasteiger partial charge >= 0.3 is 5.97 Å². The topological polar surface area (TPSA) is 73.1 Å². The third-order valence-electron chi connectivity index (χ3n) is 5.83. The number of benzene rings is 2. The van der Waals surface area contributed by atoms with Crippen LogP contribution < -0.4 is 5.32 Å². The molecule has 1 aliphatic heterocycles. The third-order valence-corrected chi connectivity index (χ3v) is 6.15. The van der Waals surface area contributed by atoms with E-state index in [0.717, 1.165) is 11.6 Å². The number of carbonyl (C=O) groups is 1. The Morgan fingerprint density at radius 1 is 1.31 bits per heavy atom. The number of halogens is 2. The number of nitriles is 1. The smallest absolute Gasteiger partial charge is 0.312 e. The van der Waals surface area contributed by atoms with Gasteiger partial charge in [-0.2, -0.15) is 5.26 Å². The van der Waals surface area contributed by atoms with E-state index in [9.17, 15) is 19.6 Å². The van der Waals surface area contributed by atoms with Gasteiger partial charge in [0.15, 0.2) is 0 Å². The van der Waals surface area contributed by atoms with E-state index in [1.54, 1.807) is 13.8 Å². The fraction of sp³-hybridized carbons (Fsp3) is 0.304. The molecule has 1 heterocycles. The number of hydrogen-bond acceptors (Lipinski definition) is 3. The highest BCUT2D eigenvalue weighted by Crippen LogP contribution is 2.50. The van der Waals surface area contributed by atoms with Gasteiger partial charge in [-0.3, -0.25) is 4.79 Å². The Kier molecular flexibility index (Phi) is 5.95. The second-order valence-electron chi connectivity index (χ2n) is 7.56. The summed E-state index contributed by atoms with van der Waals surface area (Å²) >= 11 is 6.30. The van der Waals surface area contributed by atoms with Crippen LogP contribution in [0.4, 0.5) is 4.39 Å². The van der Waals surface area contributed by atoms with Crippen molar-refractivity contribution in [3.8, 4) is 6.07 Å². The molecule has 3 rings (SSSR count). The minimum atomic E-state index is -1.35. The quantitative estimate of drug-likeness (QED) is 0.720. The second kappa shape index (κ2) is 8.26. The van der Waals surface area contributed by atoms with Gasteiger partial charge in [0.05, 0.1) is 17.1 Å². The molecule has 150 valence electrons. The lowest BCUT2D eigenvalue weighted by Gasteiger charge is -2.46. The molecule has 3 atom stereocenters. The van der Waals surface area contributed by atoms with Crippen molar-refractivity contribution < 1.29 is 14.3 Å². The van der Waals surface area contributed by atoms with Crippen molar-refractivity contribution in [2.24, 2.45) is 5.41 Å². The molecule has 6 heteroatoms. The maximum atomic E-state index is 13.6. The Morgan fingerprint density at radius 3 is 2.59 bits per heavy atom. The van der Waals surface area contributed by atoms with Crippen LogP contribution in [0.5, 0.6) is 0 Å². The van der Waals surface area contributed by atoms with Crippen molar-refractivity contribution in [2.45, 2.75) is 38.6 Å². The molecule has 4 nitrogen and oxygen atoms in total. The lowest BCUT2D eigenvalue weighted by atomic mass is 9.62. The van der Waals surface area contributed by atoms with Crippen molar-refractivity contribution in [3.05, 3.63) is 81.8 Å². The van der Waals surface area contributed by atoms with Crippen LogP contribution >= 0.6 is 11.6 Å². The Labute approximate surface area is 174 Å². The van der Waals surface area contributed by atoms with Crippen LogP contribution in [0.2, 0.25) is 5.02 Å². The first-order valence-electron chi connectivity index (χ1n) is 9.38. The van der Waals surface area contributed by atoms with E-state index in [4.69, 9.17) is 11.6 Å². The molecule has 29 heavy (non-hydrogen) atoms. The summed E-state index contributed by atoms with van der Waals surface area (Å²) in [6, 6.07) is 15.4. The first kappa shape index (κ1) is 20.9. The van der Waals surface area contributed by atoms with Crippen molar-refractivity contribution in [1.29, 1.82) is 5.26 Å². The molecule has 0 saturated heterocycles. The van der Waals surface area contributed by atoms with Crippen LogP contribution in [0.25, 0.3) is 0 Å². The van der Waals surface area contributed by atoms with E-state index in [1.165, 1.54) is 12.1 Å². The zero-order valence-electron chi connectivity index (χ0n) is 16.2. The molecule has 0 saturated carbocycles. The summed E-state index contributed by atoms with van der Waals surface area (Å²) in [4.78, 5) is 12.5. The zero-order chi connectivity index (χ0) is 21.2. The first-order valence-corrected chi connectivity index (χ1v) is 9.76. The van der Waals surface area contributed by atoms with E-state index >= 15 is 0 Å². The number of carboxylic acid groups (broad SMARTS) is 1. The molecule has 0 radical (unpaired) electrons. The Hall–Kier alpha value is -2.84. The van der Waals surface area contributed by atoms with Crippen molar-refractivity contribution in [2.75, 3.05) is 0 Å². The molecular formula is C23H22ClFN2O2. The van der Waals surface area contributed by atoms with Gasteiger partial charge in [-0.15, -0.1) is 0 Å². The molecule has 1 aliphatic rings. The van der Waals surface area contributed by atoms with Gasteiger partial charge in [-0.1, -0.05) is 48.0 Å². The van der Waals surface area contributed by atoms with E-state index in [-0.39, 0.29) is 5.02 Å². The number of aliphatic carboxylic acids is 1. The SMILES string of the molecule is CC1=C(C#N)C(c2ccc(F)cc2Cl)C(C)(C(=O)O)C(CCc2ccccc2)N1. The molecule has 0 spiro atoms. The number of nitrogens with one attached hydrogen (secondary N) is 1. The Bertz CT molecular complexity index is 1000. The molecule has 0 fully saturated rings. The van der Waals surface area contributed by atoms with Crippen molar-refractivity contribution >= 4 is 17.6 Å². The number of aryl methyl sites for hydroxylation is 1. The minimum Gasteiger partial charge on any atom is -0.481 e. The molecule has 2 N–H and O–H groups in total. The van der Waals surface area contributed by atoms with E-state index in [0.29, 0.717) is 29.7 Å². The first-order chi connectivity index (χ1) is 13.8. The zero-order valence-corrected chi connectivity index (χ0v) is 17.0. The number of carboxylic acids is 1. The molecule has 2 aromatic carbocycles. The summed E-state index contributed by atoms with van der Waals surface area (Å²) in [6.45, 7) is 3.39. The molecule has 0 bridgehead atoms. The average molecular weight is 413 g/mol. The second-order valence-corrected chi connectivity index (χ2v) is 7.97. The normalized spacial score (nSPS) is 24.0. The maximum absolute atomic E-state index is 13.6. The summed E-state index contributed by atoms with van der Waals surface area (Å²) in [5, 5.41) is 23.4. The molecular weight excluding hydrogens is 391 g/mol. The fourth-order valence-corrected chi connectivity index (χ4v) is 4.45. The number of allylic oxidation sites excluding steroid dienone is 2. The van der Waals surface area contributed by atoms with Crippen LogP contribution in [-0.4, -0.2) is 17.1 Å². The Morgan fingerprint density at radius 2 is 2.00 bits per heavy atom. The van der Waals surface area contributed by atoms with Crippen LogP contribution in [0.15, 0.2) is 59.8 Å². The van der Waals surface area contributed by atoms with Crippen molar-refractivity contribution in [1.82, 2.24) is 5.32 Å². The van der Waals surface area contributed by atoms with Gasteiger partial charge in [0.1, 0.15) is 5.82 Å². The number of rotatable bonds is 5. The molecule has 0 aromatic heterocycles. The molecule has 2 aromatic rings. The summed E-state index contributed by atoms with van der Waals surface area (Å²) in [5.41, 5.74) is 1.13. The van der Waals surface area contributed by atoms with E-state index in [2.05, 4.69) is 11.4 Å². The van der Waals surface area contributed by atoms with Gasteiger partial charge in [-0.05, 0) is 49.9 Å². The van der Waals surface area contributed by atoms with Gasteiger partial charge in [0.25, 0.3) is 0 Å². The van der Waals surface area contributed by atoms with Gasteiger partial charge < -0.3 is 10.4 Å². The largest absolute Gasteiger partial charge is 0.481 e. The molecule has 3 unspecified atom stereocenters. The summed E-state index contributed by atoms with van der Waals surface area (Å²) in [6.07, 6.45) is 1.23. The highest BCUT2D eigenvalue weighted by molar-refractivity contribution is 6.31. The van der Waals surface area contributed by atoms with Gasteiger partial charge in [0, 0.05) is 22.7 Å². The predicted octanol–water partition coefficient (Wildman–Crippen LogP) is 5.06. The predicted molar refractivity (Wildman–Crippen MR) is 110 cm³/mol. The van der Waals surface area contributed by atoms with Crippen LogP contribution in [0.3, 0.4) is 0 Å². The maximum Gasteiger partial charge on any atom is 0.312 e. The Balaban J connectivity index is 2.09. The average Bonchev–Trinajstić information content (AvgIpc) is 2.69. The molecule has 0 aliphatic carbocycles. The lowest BCUT2D eigenvalue weighted by molar-refractivity contribution is -0.151. The van der Waals surface area contributed by atoms with Crippen LogP contribution in [-0.2, 0) is 11.2 Å². The van der Waals surface area contributed by atoms with Crippen molar-refractivity contribution in [3.63, 3.8) is 0 Å². The summed E-state index contributed by atoms with van der Waals surface area (Å²) < 4.78 is 13.6. The van der Waals surface area contributed by atoms with Crippen LogP contribution in [0, 0.1) is 22.6 Å². The van der Waals surface area contributed by atoms with Crippen LogP contribution in [0.1, 0.15) is 37.3 Å². The molecule has 0 amide bonds. The van der Waals surface area contributed by atoms with Gasteiger partial charge in [0.2, 0.25) is 0 Å². The van der Waals surface area contributed by atoms with E-state index in [1.807, 2.05) is 30.3 Å². The summed E-state index contributed by atoms with van der Waals surface area (Å²) in [5.74, 6) is -2.33. The number of nitrogens with zero attached hydrogens (tertiary/aromatic N) is 1. The fourth-order valence-electron chi connectivity index (χ4n) is 4.17. The third kappa shape index (κ3) is 3.86. The lowest BCUT2D eigenvalue weighted by Crippen LogP contribution is -2.55.